The van der Waals surface area contributed by atoms with Crippen molar-refractivity contribution in [1.29, 1.82) is 0 Å². The van der Waals surface area contributed by atoms with E-state index in [0.717, 1.165) is 62.9 Å². The standard InChI is InChI=1S/C36H47ClN10O5S/c1-7-23-20-28(30(51-5)21-29(23)46-14-10-24(11-15-46)45-16-18-47(19-17-45)35(48)52-36(2,3)4)42-34-40-22-25(37)33(43-34)41-27-9-8-26-31(39-13-12-38-26)32(27)44-53(6,49)50/h8-9,12-13,20-22,24,44H,7,10-11,14-19H2,1-6H3,(H2,40,41,42,43). The molecule has 0 aliphatic carbocycles. The lowest BCUT2D eigenvalue weighted by Gasteiger charge is -2.43. The van der Waals surface area contributed by atoms with Crippen molar-refractivity contribution in [3.8, 4) is 5.75 Å². The van der Waals surface area contributed by atoms with Crippen LogP contribution in [0.4, 0.5) is 39.3 Å². The molecule has 6 rings (SSSR count). The minimum absolute atomic E-state index is 0.219. The molecule has 0 atom stereocenters. The minimum Gasteiger partial charge on any atom is -0.494 e. The number of carbonyl (C=O) groups is 1. The number of ether oxygens (including phenoxy) is 2. The monoisotopic (exact) mass is 766 g/mol. The second kappa shape index (κ2) is 15.7. The van der Waals surface area contributed by atoms with Gasteiger partial charge in [-0.25, -0.2) is 18.2 Å². The molecule has 0 radical (unpaired) electrons. The Hall–Kier alpha value is -4.67. The van der Waals surface area contributed by atoms with Crippen LogP contribution in [-0.2, 0) is 21.2 Å². The highest BCUT2D eigenvalue weighted by Gasteiger charge is 2.31. The second-order valence-corrected chi connectivity index (χ2v) is 16.3. The van der Waals surface area contributed by atoms with E-state index in [2.05, 4.69) is 64.1 Å². The maximum absolute atomic E-state index is 12.5. The molecule has 53 heavy (non-hydrogen) atoms. The van der Waals surface area contributed by atoms with E-state index in [1.165, 1.54) is 18.6 Å². The van der Waals surface area contributed by atoms with Gasteiger partial charge in [0.15, 0.2) is 5.82 Å². The molecule has 0 bridgehead atoms. The zero-order valence-corrected chi connectivity index (χ0v) is 32.5. The maximum atomic E-state index is 12.5. The Kier molecular flexibility index (Phi) is 11.3. The highest BCUT2D eigenvalue weighted by molar-refractivity contribution is 7.92. The summed E-state index contributed by atoms with van der Waals surface area (Å²) in [6.45, 7) is 12.7. The SMILES string of the molecule is CCc1cc(Nc2ncc(Cl)c(Nc3ccc4nccnc4c3NS(C)(=O)=O)n2)c(OC)cc1N1CCC(N2CCN(C(=O)OC(C)(C)C)CC2)CC1. The van der Waals surface area contributed by atoms with Crippen LogP contribution in [0.5, 0.6) is 5.75 Å². The van der Waals surface area contributed by atoms with Gasteiger partial charge in [-0.3, -0.25) is 19.6 Å². The summed E-state index contributed by atoms with van der Waals surface area (Å²) in [4.78, 5) is 37.0. The largest absolute Gasteiger partial charge is 0.494 e. The van der Waals surface area contributed by atoms with Gasteiger partial charge in [-0.05, 0) is 63.8 Å². The molecule has 0 saturated carbocycles. The summed E-state index contributed by atoms with van der Waals surface area (Å²) in [5.74, 6) is 1.15. The molecule has 2 fully saturated rings. The predicted octanol–water partition coefficient (Wildman–Crippen LogP) is 6.02. The molecule has 284 valence electrons. The quantitative estimate of drug-likeness (QED) is 0.172. The molecular formula is C36H47ClN10O5S. The molecular weight excluding hydrogens is 720 g/mol. The number of fused-ring (bicyclic) bond motifs is 1. The van der Waals surface area contributed by atoms with Crippen LogP contribution >= 0.6 is 11.6 Å². The van der Waals surface area contributed by atoms with Crippen molar-refractivity contribution in [2.24, 2.45) is 0 Å². The number of piperidine rings is 1. The topological polar surface area (TPSA) is 167 Å². The number of nitrogens with zero attached hydrogens (tertiary/aromatic N) is 7. The van der Waals surface area contributed by atoms with Crippen molar-refractivity contribution in [3.05, 3.63) is 53.4 Å². The first-order valence-electron chi connectivity index (χ1n) is 17.7. The van der Waals surface area contributed by atoms with Gasteiger partial charge in [-0.2, -0.15) is 4.98 Å². The first-order chi connectivity index (χ1) is 25.2. The predicted molar refractivity (Wildman–Crippen MR) is 209 cm³/mol. The number of carbonyl (C=O) groups excluding carboxylic acids is 1. The van der Waals surface area contributed by atoms with E-state index in [9.17, 15) is 13.2 Å². The van der Waals surface area contributed by atoms with Crippen molar-refractivity contribution in [3.63, 3.8) is 0 Å². The van der Waals surface area contributed by atoms with Crippen LogP contribution in [-0.4, -0.2) is 109 Å². The number of aryl methyl sites for hydroxylation is 1. The molecule has 2 aromatic carbocycles. The number of benzene rings is 2. The van der Waals surface area contributed by atoms with Crippen LogP contribution in [0.1, 0.15) is 46.1 Å². The molecule has 15 nitrogen and oxygen atoms in total. The van der Waals surface area contributed by atoms with Crippen LogP contribution in [0.3, 0.4) is 0 Å². The summed E-state index contributed by atoms with van der Waals surface area (Å²) in [5.41, 5.74) is 3.97. The highest BCUT2D eigenvalue weighted by atomic mass is 35.5. The van der Waals surface area contributed by atoms with Crippen LogP contribution in [0.15, 0.2) is 42.9 Å². The van der Waals surface area contributed by atoms with Crippen LogP contribution in [0.25, 0.3) is 11.0 Å². The number of piperazine rings is 1. The maximum Gasteiger partial charge on any atom is 0.410 e. The number of halogens is 1. The fourth-order valence-electron chi connectivity index (χ4n) is 6.72. The van der Waals surface area contributed by atoms with Gasteiger partial charge in [0, 0.05) is 69.5 Å². The Morgan fingerprint density at radius 1 is 0.981 bits per heavy atom. The Morgan fingerprint density at radius 2 is 1.70 bits per heavy atom. The molecule has 3 N–H and O–H groups in total. The van der Waals surface area contributed by atoms with E-state index in [-0.39, 0.29) is 28.6 Å². The first kappa shape index (κ1) is 38.1. The Balaban J connectivity index is 1.15. The van der Waals surface area contributed by atoms with E-state index >= 15 is 0 Å². The number of hydrogen-bond donors (Lipinski definition) is 3. The van der Waals surface area contributed by atoms with Crippen molar-refractivity contribution in [2.45, 2.75) is 58.6 Å². The molecule has 2 saturated heterocycles. The van der Waals surface area contributed by atoms with E-state index in [4.69, 9.17) is 21.1 Å². The molecule has 4 aromatic rings. The van der Waals surface area contributed by atoms with Gasteiger partial charge < -0.3 is 29.9 Å². The van der Waals surface area contributed by atoms with E-state index in [0.29, 0.717) is 47.3 Å². The number of hydrogen-bond acceptors (Lipinski definition) is 13. The van der Waals surface area contributed by atoms with Gasteiger partial charge in [0.25, 0.3) is 0 Å². The van der Waals surface area contributed by atoms with Gasteiger partial charge in [-0.1, -0.05) is 18.5 Å². The summed E-state index contributed by atoms with van der Waals surface area (Å²) in [7, 11) is -2.02. The average molecular weight is 767 g/mol. The summed E-state index contributed by atoms with van der Waals surface area (Å²) in [6, 6.07) is 8.00. The third kappa shape index (κ3) is 9.29. The van der Waals surface area contributed by atoms with Crippen molar-refractivity contribution in [1.82, 2.24) is 29.7 Å². The molecule has 2 aliphatic heterocycles. The number of aromatic nitrogens is 4. The lowest BCUT2D eigenvalue weighted by atomic mass is 9.99. The molecule has 0 spiro atoms. The zero-order chi connectivity index (χ0) is 37.9. The Morgan fingerprint density at radius 3 is 2.36 bits per heavy atom. The molecule has 4 heterocycles. The van der Waals surface area contributed by atoms with Crippen molar-refractivity contribution < 1.29 is 22.7 Å². The van der Waals surface area contributed by atoms with Gasteiger partial charge in [0.1, 0.15) is 21.9 Å². The smallest absolute Gasteiger partial charge is 0.410 e. The summed E-state index contributed by atoms with van der Waals surface area (Å²) in [6.07, 6.45) is 8.17. The third-order valence-corrected chi connectivity index (χ3v) is 10.1. The number of sulfonamides is 1. The summed E-state index contributed by atoms with van der Waals surface area (Å²) < 4.78 is 38.5. The van der Waals surface area contributed by atoms with E-state index in [1.54, 1.807) is 19.2 Å². The third-order valence-electron chi connectivity index (χ3n) is 9.24. The Bertz CT molecular complexity index is 2060. The van der Waals surface area contributed by atoms with Crippen molar-refractivity contribution in [2.75, 3.05) is 72.9 Å². The normalized spacial score (nSPS) is 16.1. The van der Waals surface area contributed by atoms with Gasteiger partial charge in [0.05, 0.1) is 42.1 Å². The fraction of sp³-hybridized carbons (Fsp3) is 0.472. The van der Waals surface area contributed by atoms with Crippen molar-refractivity contribution >= 4 is 73.3 Å². The molecule has 17 heteroatoms. The summed E-state index contributed by atoms with van der Waals surface area (Å²) >= 11 is 6.53. The van der Waals surface area contributed by atoms with E-state index < -0.39 is 15.6 Å². The number of methoxy groups -OCH3 is 1. The van der Waals surface area contributed by atoms with E-state index in [1.807, 2.05) is 25.7 Å². The number of amides is 1. The molecule has 0 unspecified atom stereocenters. The summed E-state index contributed by atoms with van der Waals surface area (Å²) in [5, 5.41) is 6.67. The number of nitrogens with one attached hydrogen (secondary N) is 3. The molecule has 2 aliphatic rings. The fourth-order valence-corrected chi connectivity index (χ4v) is 7.43. The minimum atomic E-state index is -3.66. The molecule has 1 amide bonds. The second-order valence-electron chi connectivity index (χ2n) is 14.2. The Labute approximate surface area is 315 Å². The number of rotatable bonds is 10. The highest BCUT2D eigenvalue weighted by Crippen LogP contribution is 2.38. The van der Waals surface area contributed by atoms with Crippen LogP contribution in [0.2, 0.25) is 5.02 Å². The van der Waals surface area contributed by atoms with Crippen LogP contribution < -0.4 is 25.0 Å². The lowest BCUT2D eigenvalue weighted by molar-refractivity contribution is 0.00901. The van der Waals surface area contributed by atoms with Gasteiger partial charge in [0.2, 0.25) is 16.0 Å². The average Bonchev–Trinajstić information content (AvgIpc) is 3.12. The molecule has 2 aromatic heterocycles. The van der Waals surface area contributed by atoms with Gasteiger partial charge >= 0.3 is 6.09 Å². The van der Waals surface area contributed by atoms with Gasteiger partial charge in [-0.15, -0.1) is 0 Å². The zero-order valence-electron chi connectivity index (χ0n) is 30.9. The van der Waals surface area contributed by atoms with Crippen LogP contribution in [0, 0.1) is 0 Å². The first-order valence-corrected chi connectivity index (χ1v) is 19.9. The number of anilines is 6. The lowest BCUT2D eigenvalue weighted by Crippen LogP contribution is -2.55.